The molecular weight excluding hydrogens is 235 g/mol. The highest BCUT2D eigenvalue weighted by atomic mass is 32.1. The van der Waals surface area contributed by atoms with Crippen LogP contribution >= 0.6 is 11.3 Å². The molecule has 3 heteroatoms. The van der Waals surface area contributed by atoms with Gasteiger partial charge in [-0.05, 0) is 54.5 Å². The normalized spacial score (nSPS) is 12.6. The van der Waals surface area contributed by atoms with E-state index in [-0.39, 0.29) is 5.82 Å². The molecule has 2 rings (SSSR count). The van der Waals surface area contributed by atoms with Crippen LogP contribution in [-0.2, 0) is 6.42 Å². The molecule has 17 heavy (non-hydrogen) atoms. The van der Waals surface area contributed by atoms with Crippen LogP contribution < -0.4 is 0 Å². The van der Waals surface area contributed by atoms with Crippen molar-refractivity contribution in [3.05, 3.63) is 57.5 Å². The number of aliphatic hydroxyl groups is 1. The summed E-state index contributed by atoms with van der Waals surface area (Å²) < 4.78 is 13.2. The molecule has 90 valence electrons. The summed E-state index contributed by atoms with van der Waals surface area (Å²) in [5, 5.41) is 12.0. The van der Waals surface area contributed by atoms with E-state index in [9.17, 15) is 9.50 Å². The molecule has 1 heterocycles. The molecule has 0 aliphatic heterocycles. The van der Waals surface area contributed by atoms with Gasteiger partial charge in [-0.3, -0.25) is 0 Å². The van der Waals surface area contributed by atoms with Crippen LogP contribution in [0.4, 0.5) is 4.39 Å². The van der Waals surface area contributed by atoms with E-state index in [1.807, 2.05) is 30.5 Å². The SMILES string of the molecule is Cc1cc(F)cc(C(O)CCc2cccs2)c1. The first-order valence-electron chi connectivity index (χ1n) is 5.62. The number of aryl methyl sites for hydroxylation is 2. The highest BCUT2D eigenvalue weighted by molar-refractivity contribution is 7.09. The van der Waals surface area contributed by atoms with E-state index < -0.39 is 6.10 Å². The predicted molar refractivity (Wildman–Crippen MR) is 68.7 cm³/mol. The smallest absolute Gasteiger partial charge is 0.123 e. The zero-order valence-corrected chi connectivity index (χ0v) is 10.5. The molecule has 1 unspecified atom stereocenters. The molecule has 0 amide bonds. The van der Waals surface area contributed by atoms with Crippen LogP contribution in [0.25, 0.3) is 0 Å². The van der Waals surface area contributed by atoms with Crippen LogP contribution in [0.15, 0.2) is 35.7 Å². The minimum absolute atomic E-state index is 0.282. The minimum atomic E-state index is -0.591. The largest absolute Gasteiger partial charge is 0.388 e. The number of hydrogen-bond acceptors (Lipinski definition) is 2. The molecule has 0 bridgehead atoms. The maximum atomic E-state index is 13.2. The van der Waals surface area contributed by atoms with Gasteiger partial charge in [0.25, 0.3) is 0 Å². The maximum absolute atomic E-state index is 13.2. The van der Waals surface area contributed by atoms with Gasteiger partial charge >= 0.3 is 0 Å². The first-order valence-corrected chi connectivity index (χ1v) is 6.50. The molecule has 0 aliphatic carbocycles. The summed E-state index contributed by atoms with van der Waals surface area (Å²) in [7, 11) is 0. The molecule has 0 radical (unpaired) electrons. The van der Waals surface area contributed by atoms with Crippen LogP contribution in [-0.4, -0.2) is 5.11 Å². The minimum Gasteiger partial charge on any atom is -0.388 e. The molecule has 1 N–H and O–H groups in total. The zero-order valence-electron chi connectivity index (χ0n) is 9.69. The lowest BCUT2D eigenvalue weighted by molar-refractivity contribution is 0.167. The molecule has 1 nitrogen and oxygen atoms in total. The average Bonchev–Trinajstić information content (AvgIpc) is 2.77. The van der Waals surface area contributed by atoms with Crippen molar-refractivity contribution in [3.8, 4) is 0 Å². The van der Waals surface area contributed by atoms with Crippen molar-refractivity contribution < 1.29 is 9.50 Å². The van der Waals surface area contributed by atoms with Gasteiger partial charge in [-0.25, -0.2) is 4.39 Å². The van der Waals surface area contributed by atoms with Gasteiger partial charge in [0.15, 0.2) is 0 Å². The van der Waals surface area contributed by atoms with Crippen molar-refractivity contribution in [2.24, 2.45) is 0 Å². The summed E-state index contributed by atoms with van der Waals surface area (Å²) in [6, 6.07) is 8.76. The molecular formula is C14H15FOS. The van der Waals surface area contributed by atoms with E-state index in [1.165, 1.54) is 17.0 Å². The van der Waals surface area contributed by atoms with Crippen LogP contribution in [0, 0.1) is 12.7 Å². The van der Waals surface area contributed by atoms with E-state index in [1.54, 1.807) is 11.3 Å². The van der Waals surface area contributed by atoms with Gasteiger partial charge in [0.05, 0.1) is 6.10 Å². The maximum Gasteiger partial charge on any atom is 0.123 e. The molecule has 2 aromatic rings. The van der Waals surface area contributed by atoms with Gasteiger partial charge in [-0.2, -0.15) is 0 Å². The second-order valence-corrected chi connectivity index (χ2v) is 5.23. The first-order chi connectivity index (χ1) is 8.15. The van der Waals surface area contributed by atoms with E-state index in [4.69, 9.17) is 0 Å². The number of hydrogen-bond donors (Lipinski definition) is 1. The molecule has 0 saturated heterocycles. The summed E-state index contributed by atoms with van der Waals surface area (Å²) in [6.07, 6.45) is 0.865. The van der Waals surface area contributed by atoms with E-state index in [0.717, 1.165) is 12.0 Å². The van der Waals surface area contributed by atoms with Crippen molar-refractivity contribution in [3.63, 3.8) is 0 Å². The standard InChI is InChI=1S/C14H15FOS/c1-10-7-11(9-12(15)8-10)14(16)5-4-13-3-2-6-17-13/h2-3,6-9,14,16H,4-5H2,1H3. The average molecular weight is 250 g/mol. The lowest BCUT2D eigenvalue weighted by Gasteiger charge is -2.11. The summed E-state index contributed by atoms with van der Waals surface area (Å²) in [4.78, 5) is 1.25. The Morgan fingerprint density at radius 1 is 1.35 bits per heavy atom. The number of benzene rings is 1. The lowest BCUT2D eigenvalue weighted by Crippen LogP contribution is -2.00. The highest BCUT2D eigenvalue weighted by Gasteiger charge is 2.09. The van der Waals surface area contributed by atoms with Crippen molar-refractivity contribution in [1.82, 2.24) is 0 Å². The second-order valence-electron chi connectivity index (χ2n) is 4.20. The Balaban J connectivity index is 2.01. The van der Waals surface area contributed by atoms with E-state index in [2.05, 4.69) is 0 Å². The summed E-state index contributed by atoms with van der Waals surface area (Å²) in [6.45, 7) is 1.83. The molecule has 1 aromatic carbocycles. The lowest BCUT2D eigenvalue weighted by atomic mass is 10.0. The van der Waals surface area contributed by atoms with Crippen molar-refractivity contribution in [1.29, 1.82) is 0 Å². The van der Waals surface area contributed by atoms with Crippen LogP contribution in [0.1, 0.15) is 28.5 Å². The monoisotopic (exact) mass is 250 g/mol. The van der Waals surface area contributed by atoms with Gasteiger partial charge in [0, 0.05) is 4.88 Å². The zero-order chi connectivity index (χ0) is 12.3. The molecule has 0 saturated carbocycles. The Labute approximate surface area is 105 Å². The fourth-order valence-corrected chi connectivity index (χ4v) is 2.58. The first kappa shape index (κ1) is 12.3. The van der Waals surface area contributed by atoms with Crippen molar-refractivity contribution in [2.75, 3.05) is 0 Å². The topological polar surface area (TPSA) is 20.2 Å². The molecule has 0 spiro atoms. The number of halogens is 1. The molecule has 0 aliphatic rings. The third-order valence-electron chi connectivity index (χ3n) is 2.69. The Morgan fingerprint density at radius 2 is 2.18 bits per heavy atom. The third kappa shape index (κ3) is 3.38. The van der Waals surface area contributed by atoms with Gasteiger partial charge in [0.1, 0.15) is 5.82 Å². The van der Waals surface area contributed by atoms with Crippen molar-refractivity contribution in [2.45, 2.75) is 25.9 Å². The summed E-state index contributed by atoms with van der Waals surface area (Å²) >= 11 is 1.68. The Hall–Kier alpha value is -1.19. The van der Waals surface area contributed by atoms with Crippen LogP contribution in [0.2, 0.25) is 0 Å². The van der Waals surface area contributed by atoms with Gasteiger partial charge < -0.3 is 5.11 Å². The van der Waals surface area contributed by atoms with Crippen LogP contribution in [0.3, 0.4) is 0 Å². The summed E-state index contributed by atoms with van der Waals surface area (Å²) in [5.74, 6) is -0.282. The fourth-order valence-electron chi connectivity index (χ4n) is 1.86. The molecule has 0 fully saturated rings. The second kappa shape index (κ2) is 5.43. The number of rotatable bonds is 4. The van der Waals surface area contributed by atoms with Crippen LogP contribution in [0.5, 0.6) is 0 Å². The number of thiophene rings is 1. The fraction of sp³-hybridized carbons (Fsp3) is 0.286. The Morgan fingerprint density at radius 3 is 2.82 bits per heavy atom. The van der Waals surface area contributed by atoms with E-state index in [0.29, 0.717) is 12.0 Å². The Kier molecular flexibility index (Phi) is 3.92. The van der Waals surface area contributed by atoms with Gasteiger partial charge in [-0.15, -0.1) is 11.3 Å². The van der Waals surface area contributed by atoms with Gasteiger partial charge in [-0.1, -0.05) is 12.1 Å². The molecule has 1 atom stereocenters. The quantitative estimate of drug-likeness (QED) is 0.873. The third-order valence-corrected chi connectivity index (χ3v) is 3.63. The molecule has 1 aromatic heterocycles. The summed E-state index contributed by atoms with van der Waals surface area (Å²) in [5.41, 5.74) is 1.51. The Bertz CT molecular complexity index is 459. The van der Waals surface area contributed by atoms with Crippen molar-refractivity contribution >= 4 is 11.3 Å². The highest BCUT2D eigenvalue weighted by Crippen LogP contribution is 2.22. The van der Waals surface area contributed by atoms with E-state index >= 15 is 0 Å². The van der Waals surface area contributed by atoms with Gasteiger partial charge in [0.2, 0.25) is 0 Å². The predicted octanol–water partition coefficient (Wildman–Crippen LogP) is 3.86. The number of aliphatic hydroxyl groups excluding tert-OH is 1.